The fourth-order valence-corrected chi connectivity index (χ4v) is 4.42. The number of H-pyrrole nitrogens is 1. The van der Waals surface area contributed by atoms with Crippen LogP contribution in [-0.4, -0.2) is 65.8 Å². The Morgan fingerprint density at radius 2 is 1.94 bits per heavy atom. The molecule has 0 unspecified atom stereocenters. The molecule has 3 heterocycles. The number of ether oxygens (including phenoxy) is 1. The number of aromatic nitrogens is 3. The first-order valence-electron chi connectivity index (χ1n) is 11.6. The third-order valence-electron chi connectivity index (χ3n) is 6.42. The predicted octanol–water partition coefficient (Wildman–Crippen LogP) is 4.17. The predicted molar refractivity (Wildman–Crippen MR) is 135 cm³/mol. The van der Waals surface area contributed by atoms with Crippen molar-refractivity contribution >= 4 is 28.3 Å². The zero-order valence-corrected chi connectivity index (χ0v) is 19.7. The largest absolute Gasteiger partial charge is 0.496 e. The van der Waals surface area contributed by atoms with Crippen LogP contribution in [0.1, 0.15) is 17.3 Å². The van der Waals surface area contributed by atoms with Crippen LogP contribution in [-0.2, 0) is 0 Å². The van der Waals surface area contributed by atoms with Gasteiger partial charge in [0.05, 0.1) is 30.1 Å². The van der Waals surface area contributed by atoms with Crippen molar-refractivity contribution in [1.82, 2.24) is 20.1 Å². The Morgan fingerprint density at radius 1 is 1.14 bits per heavy atom. The Bertz CT molecular complexity index is 1360. The molecular weight excluding hydrogens is 447 g/mol. The molecule has 8 nitrogen and oxygen atoms in total. The van der Waals surface area contributed by atoms with Gasteiger partial charge in [-0.05, 0) is 42.9 Å². The van der Waals surface area contributed by atoms with Gasteiger partial charge in [0.25, 0.3) is 5.91 Å². The molecule has 1 amide bonds. The molecule has 0 atom stereocenters. The van der Waals surface area contributed by atoms with Gasteiger partial charge in [0.1, 0.15) is 11.6 Å². The minimum absolute atomic E-state index is 0.256. The van der Waals surface area contributed by atoms with Crippen LogP contribution in [0.15, 0.2) is 54.7 Å². The second-order valence-corrected chi connectivity index (χ2v) is 8.43. The molecule has 0 spiro atoms. The molecule has 1 saturated heterocycles. The number of aromatic amines is 1. The van der Waals surface area contributed by atoms with Gasteiger partial charge in [-0.3, -0.25) is 14.9 Å². The highest BCUT2D eigenvalue weighted by Gasteiger charge is 2.19. The van der Waals surface area contributed by atoms with Crippen LogP contribution < -0.4 is 15.0 Å². The number of piperazine rings is 1. The number of nitrogens with zero attached hydrogens (tertiary/aromatic N) is 4. The minimum Gasteiger partial charge on any atom is -0.496 e. The summed E-state index contributed by atoms with van der Waals surface area (Å²) in [5, 5.41) is 10.6. The molecule has 5 rings (SSSR count). The summed E-state index contributed by atoms with van der Waals surface area (Å²) < 4.78 is 19.9. The number of likely N-dealkylation sites (N-methyl/N-ethyl adjacent to an activating group) is 1. The number of pyridine rings is 1. The van der Waals surface area contributed by atoms with Crippen molar-refractivity contribution in [3.05, 3.63) is 66.1 Å². The lowest BCUT2D eigenvalue weighted by Crippen LogP contribution is -2.46. The van der Waals surface area contributed by atoms with Gasteiger partial charge in [-0.1, -0.05) is 19.1 Å². The van der Waals surface area contributed by atoms with Crippen molar-refractivity contribution in [2.24, 2.45) is 0 Å². The van der Waals surface area contributed by atoms with Crippen molar-refractivity contribution in [3.63, 3.8) is 0 Å². The Morgan fingerprint density at radius 3 is 2.71 bits per heavy atom. The average Bonchev–Trinajstić information content (AvgIpc) is 3.30. The highest BCUT2D eigenvalue weighted by atomic mass is 19.1. The van der Waals surface area contributed by atoms with E-state index in [1.165, 1.54) is 13.2 Å². The van der Waals surface area contributed by atoms with Gasteiger partial charge in [-0.25, -0.2) is 4.39 Å². The summed E-state index contributed by atoms with van der Waals surface area (Å²) in [5.41, 5.74) is 2.84. The molecule has 2 aromatic carbocycles. The number of rotatable bonds is 6. The van der Waals surface area contributed by atoms with Crippen molar-refractivity contribution < 1.29 is 13.9 Å². The summed E-state index contributed by atoms with van der Waals surface area (Å²) in [6.45, 7) is 7.10. The Hall–Kier alpha value is -3.98. The third kappa shape index (κ3) is 4.54. The lowest BCUT2D eigenvalue weighted by molar-refractivity contribution is 0.102. The standard InChI is InChI=1S/C26H27FN6O2/c1-3-32-10-12-33(13-11-32)18-7-4-6-17(14-18)26(34)29-25-19-15-21(28-16-22(19)30-31-25)24-20(27)8-5-9-23(24)35-2/h4-9,14-16H,3,10-13H2,1-2H3,(H2,29,30,31,34). The molecule has 1 fully saturated rings. The smallest absolute Gasteiger partial charge is 0.256 e. The van der Waals surface area contributed by atoms with E-state index in [1.807, 2.05) is 18.2 Å². The second-order valence-electron chi connectivity index (χ2n) is 8.43. The molecule has 2 N–H and O–H groups in total. The molecule has 2 aromatic heterocycles. The summed E-state index contributed by atoms with van der Waals surface area (Å²) >= 11 is 0. The maximum absolute atomic E-state index is 14.6. The van der Waals surface area contributed by atoms with E-state index in [2.05, 4.69) is 37.2 Å². The fourth-order valence-electron chi connectivity index (χ4n) is 4.42. The molecular formula is C26H27FN6O2. The molecule has 0 radical (unpaired) electrons. The normalized spacial score (nSPS) is 14.3. The van der Waals surface area contributed by atoms with E-state index in [1.54, 1.807) is 30.5 Å². The van der Waals surface area contributed by atoms with Crippen molar-refractivity contribution in [2.45, 2.75) is 6.92 Å². The van der Waals surface area contributed by atoms with E-state index in [-0.39, 0.29) is 11.5 Å². The lowest BCUT2D eigenvalue weighted by atomic mass is 10.1. The topological polar surface area (TPSA) is 86.4 Å². The maximum Gasteiger partial charge on any atom is 0.256 e. The molecule has 0 bridgehead atoms. The van der Waals surface area contributed by atoms with E-state index in [4.69, 9.17) is 4.74 Å². The number of benzene rings is 2. The molecule has 1 aliphatic rings. The number of carbonyl (C=O) groups is 1. The first kappa shape index (κ1) is 22.8. The van der Waals surface area contributed by atoms with Crippen LogP contribution in [0.3, 0.4) is 0 Å². The van der Waals surface area contributed by atoms with Gasteiger partial charge in [0.2, 0.25) is 0 Å². The van der Waals surface area contributed by atoms with Gasteiger partial charge < -0.3 is 19.9 Å². The monoisotopic (exact) mass is 474 g/mol. The summed E-state index contributed by atoms with van der Waals surface area (Å²) in [6, 6.07) is 13.9. The SMILES string of the molecule is CCN1CCN(c2cccc(C(=O)Nc3n[nH]c4cnc(-c5c(F)cccc5OC)cc34)c2)CC1. The first-order chi connectivity index (χ1) is 17.1. The van der Waals surface area contributed by atoms with Gasteiger partial charge in [0, 0.05) is 42.8 Å². The van der Waals surface area contributed by atoms with Crippen LogP contribution in [0.5, 0.6) is 5.75 Å². The molecule has 35 heavy (non-hydrogen) atoms. The Kier molecular flexibility index (Phi) is 6.33. The van der Waals surface area contributed by atoms with Crippen LogP contribution in [0.4, 0.5) is 15.9 Å². The number of fused-ring (bicyclic) bond motifs is 1. The zero-order chi connectivity index (χ0) is 24.4. The molecule has 4 aromatic rings. The average molecular weight is 475 g/mol. The van der Waals surface area contributed by atoms with Gasteiger partial charge in [-0.2, -0.15) is 5.10 Å². The Labute approximate surface area is 202 Å². The molecule has 180 valence electrons. The van der Waals surface area contributed by atoms with Gasteiger partial charge in [0.15, 0.2) is 5.82 Å². The molecule has 0 aliphatic carbocycles. The number of anilines is 2. The van der Waals surface area contributed by atoms with E-state index in [0.717, 1.165) is 38.4 Å². The summed E-state index contributed by atoms with van der Waals surface area (Å²) in [4.78, 5) is 22.2. The highest BCUT2D eigenvalue weighted by molar-refractivity contribution is 6.08. The van der Waals surface area contributed by atoms with E-state index in [0.29, 0.717) is 33.7 Å². The van der Waals surface area contributed by atoms with E-state index in [9.17, 15) is 9.18 Å². The van der Waals surface area contributed by atoms with Gasteiger partial charge in [-0.15, -0.1) is 0 Å². The number of halogens is 1. The quantitative estimate of drug-likeness (QED) is 0.436. The van der Waals surface area contributed by atoms with E-state index < -0.39 is 5.82 Å². The number of nitrogens with one attached hydrogen (secondary N) is 2. The number of methoxy groups -OCH3 is 1. The third-order valence-corrected chi connectivity index (χ3v) is 6.42. The summed E-state index contributed by atoms with van der Waals surface area (Å²) in [5.74, 6) is 0.0181. The first-order valence-corrected chi connectivity index (χ1v) is 11.6. The maximum atomic E-state index is 14.6. The molecule has 1 aliphatic heterocycles. The number of hydrogen-bond donors (Lipinski definition) is 2. The number of hydrogen-bond acceptors (Lipinski definition) is 6. The van der Waals surface area contributed by atoms with Crippen molar-refractivity contribution in [2.75, 3.05) is 50.1 Å². The van der Waals surface area contributed by atoms with Gasteiger partial charge >= 0.3 is 0 Å². The highest BCUT2D eigenvalue weighted by Crippen LogP contribution is 2.33. The summed E-state index contributed by atoms with van der Waals surface area (Å²) in [7, 11) is 1.48. The van der Waals surface area contributed by atoms with Crippen LogP contribution in [0.25, 0.3) is 22.2 Å². The van der Waals surface area contributed by atoms with Crippen molar-refractivity contribution in [3.8, 4) is 17.0 Å². The van der Waals surface area contributed by atoms with E-state index >= 15 is 0 Å². The fraction of sp³-hybridized carbons (Fsp3) is 0.269. The molecule has 9 heteroatoms. The lowest BCUT2D eigenvalue weighted by Gasteiger charge is -2.35. The van der Waals surface area contributed by atoms with Crippen LogP contribution in [0.2, 0.25) is 0 Å². The second kappa shape index (κ2) is 9.71. The Balaban J connectivity index is 1.40. The van der Waals surface area contributed by atoms with Crippen molar-refractivity contribution in [1.29, 1.82) is 0 Å². The minimum atomic E-state index is -0.443. The zero-order valence-electron chi connectivity index (χ0n) is 19.7. The van der Waals surface area contributed by atoms with Crippen LogP contribution in [0, 0.1) is 5.82 Å². The van der Waals surface area contributed by atoms with Crippen LogP contribution >= 0.6 is 0 Å². The molecule has 0 saturated carbocycles. The summed E-state index contributed by atoms with van der Waals surface area (Å²) in [6.07, 6.45) is 1.57. The number of amides is 1. The number of carbonyl (C=O) groups excluding carboxylic acids is 1.